The number of nitrogens with zero attached hydrogens (tertiary/aromatic N) is 1. The quantitative estimate of drug-likeness (QED) is 0.614. The molecule has 0 N–H and O–H groups in total. The van der Waals surface area contributed by atoms with Gasteiger partial charge in [0, 0.05) is 16.0 Å². The summed E-state index contributed by atoms with van der Waals surface area (Å²) in [5, 5.41) is 3.08. The van der Waals surface area contributed by atoms with Crippen LogP contribution in [0.15, 0.2) is 53.9 Å². The highest BCUT2D eigenvalue weighted by molar-refractivity contribution is 7.89. The van der Waals surface area contributed by atoms with Crippen LogP contribution in [0.2, 0.25) is 5.02 Å². The first-order valence-electron chi connectivity index (χ1n) is 7.49. The molecule has 0 aliphatic heterocycles. The van der Waals surface area contributed by atoms with Crippen molar-refractivity contribution >= 4 is 32.8 Å². The first kappa shape index (κ1) is 17.9. The number of aromatic nitrogens is 1. The van der Waals surface area contributed by atoms with Crippen LogP contribution in [-0.2, 0) is 21.3 Å². The van der Waals surface area contributed by atoms with Crippen LogP contribution in [0.5, 0.6) is 5.75 Å². The molecule has 0 saturated carbocycles. The summed E-state index contributed by atoms with van der Waals surface area (Å²) in [6.07, 6.45) is 0. The van der Waals surface area contributed by atoms with Crippen molar-refractivity contribution in [2.75, 3.05) is 7.11 Å². The number of methoxy groups -OCH3 is 1. The van der Waals surface area contributed by atoms with Gasteiger partial charge in [0.2, 0.25) is 0 Å². The molecule has 1 heterocycles. The molecule has 0 aliphatic rings. The van der Waals surface area contributed by atoms with E-state index in [1.165, 1.54) is 11.3 Å². The van der Waals surface area contributed by atoms with E-state index in [-0.39, 0.29) is 11.5 Å². The van der Waals surface area contributed by atoms with Crippen molar-refractivity contribution < 1.29 is 13.2 Å². The Morgan fingerprint density at radius 1 is 1.12 bits per heavy atom. The van der Waals surface area contributed by atoms with Crippen LogP contribution >= 0.6 is 22.9 Å². The highest BCUT2D eigenvalue weighted by Gasteiger charge is 2.16. The number of benzene rings is 2. The number of hydrogen-bond acceptors (Lipinski definition) is 5. The summed E-state index contributed by atoms with van der Waals surface area (Å²) in [6.45, 7) is 0. The van der Waals surface area contributed by atoms with Crippen LogP contribution in [0.3, 0.4) is 0 Å². The van der Waals surface area contributed by atoms with Crippen LogP contribution in [0.1, 0.15) is 11.3 Å². The Bertz CT molecular complexity index is 983. The maximum Gasteiger partial charge on any atom is 0.160 e. The second kappa shape index (κ2) is 7.56. The average molecular weight is 394 g/mol. The molecular formula is C18H16ClNO3S2. The van der Waals surface area contributed by atoms with Gasteiger partial charge in [-0.15, -0.1) is 11.3 Å². The van der Waals surface area contributed by atoms with E-state index in [0.717, 1.165) is 16.3 Å². The lowest BCUT2D eigenvalue weighted by Gasteiger charge is -2.04. The van der Waals surface area contributed by atoms with Gasteiger partial charge in [-0.1, -0.05) is 35.9 Å². The molecule has 0 amide bonds. The fourth-order valence-corrected chi connectivity index (χ4v) is 4.94. The molecule has 7 heteroatoms. The fraction of sp³-hybridized carbons (Fsp3) is 0.167. The van der Waals surface area contributed by atoms with Gasteiger partial charge < -0.3 is 4.74 Å². The minimum absolute atomic E-state index is 0.0560. The van der Waals surface area contributed by atoms with E-state index in [0.29, 0.717) is 16.3 Å². The van der Waals surface area contributed by atoms with E-state index >= 15 is 0 Å². The molecular weight excluding hydrogens is 378 g/mol. The normalized spacial score (nSPS) is 11.4. The molecule has 130 valence electrons. The number of halogens is 1. The van der Waals surface area contributed by atoms with E-state index < -0.39 is 9.84 Å². The van der Waals surface area contributed by atoms with Gasteiger partial charge in [0.05, 0.1) is 24.3 Å². The van der Waals surface area contributed by atoms with Gasteiger partial charge in [-0.25, -0.2) is 13.4 Å². The maximum atomic E-state index is 12.4. The lowest BCUT2D eigenvalue weighted by atomic mass is 10.2. The predicted octanol–water partition coefficient (Wildman–Crippen LogP) is 4.59. The van der Waals surface area contributed by atoms with Gasteiger partial charge >= 0.3 is 0 Å². The van der Waals surface area contributed by atoms with Crippen molar-refractivity contribution in [2.24, 2.45) is 0 Å². The van der Waals surface area contributed by atoms with Gasteiger partial charge in [0.1, 0.15) is 10.8 Å². The van der Waals surface area contributed by atoms with Gasteiger partial charge in [0.25, 0.3) is 0 Å². The summed E-state index contributed by atoms with van der Waals surface area (Å²) in [5.74, 6) is 0.586. The SMILES string of the molecule is COc1cccc(-c2nc(CS(=O)(=O)Cc3cccc(Cl)c3)cs2)c1. The molecule has 2 aromatic carbocycles. The molecule has 0 unspecified atom stereocenters. The molecule has 0 saturated heterocycles. The zero-order valence-electron chi connectivity index (χ0n) is 13.5. The molecule has 0 atom stereocenters. The first-order valence-corrected chi connectivity index (χ1v) is 10.6. The largest absolute Gasteiger partial charge is 0.497 e. The Morgan fingerprint density at radius 2 is 1.92 bits per heavy atom. The average Bonchev–Trinajstić information content (AvgIpc) is 3.02. The van der Waals surface area contributed by atoms with E-state index in [4.69, 9.17) is 16.3 Å². The van der Waals surface area contributed by atoms with Crippen molar-refractivity contribution in [3.05, 3.63) is 70.2 Å². The third-order valence-corrected chi connectivity index (χ3v) is 6.20. The van der Waals surface area contributed by atoms with Crippen molar-refractivity contribution in [1.29, 1.82) is 0 Å². The van der Waals surface area contributed by atoms with Crippen LogP contribution in [0.25, 0.3) is 10.6 Å². The van der Waals surface area contributed by atoms with Crippen LogP contribution in [0.4, 0.5) is 0 Å². The minimum atomic E-state index is -3.33. The predicted molar refractivity (Wildman–Crippen MR) is 102 cm³/mol. The number of ether oxygens (including phenoxy) is 1. The van der Waals surface area contributed by atoms with E-state index in [9.17, 15) is 8.42 Å². The zero-order valence-corrected chi connectivity index (χ0v) is 15.9. The van der Waals surface area contributed by atoms with E-state index in [1.807, 2.05) is 24.3 Å². The highest BCUT2D eigenvalue weighted by atomic mass is 35.5. The van der Waals surface area contributed by atoms with E-state index in [1.54, 1.807) is 36.8 Å². The number of rotatable bonds is 6. The highest BCUT2D eigenvalue weighted by Crippen LogP contribution is 2.27. The second-order valence-electron chi connectivity index (χ2n) is 5.54. The number of thiazole rings is 1. The standard InChI is InChI=1S/C18H16ClNO3S2/c1-23-17-7-3-5-14(9-17)18-20-16(10-24-18)12-25(21,22)11-13-4-2-6-15(19)8-13/h2-10H,11-12H2,1H3. The molecule has 25 heavy (non-hydrogen) atoms. The number of sulfone groups is 1. The Balaban J connectivity index is 1.76. The smallest absolute Gasteiger partial charge is 0.160 e. The molecule has 0 bridgehead atoms. The summed E-state index contributed by atoms with van der Waals surface area (Å²) < 4.78 is 30.1. The van der Waals surface area contributed by atoms with Gasteiger partial charge in [0.15, 0.2) is 9.84 Å². The molecule has 0 radical (unpaired) electrons. The monoisotopic (exact) mass is 393 g/mol. The summed E-state index contributed by atoms with van der Waals surface area (Å²) in [7, 11) is -1.72. The molecule has 0 fully saturated rings. The van der Waals surface area contributed by atoms with Gasteiger partial charge in [-0.2, -0.15) is 0 Å². The zero-order chi connectivity index (χ0) is 17.9. The molecule has 3 aromatic rings. The Labute approximate surface area is 156 Å². The van der Waals surface area contributed by atoms with Gasteiger partial charge in [-0.05, 0) is 29.8 Å². The fourth-order valence-electron chi connectivity index (χ4n) is 2.42. The van der Waals surface area contributed by atoms with Crippen LogP contribution < -0.4 is 4.74 Å². The third kappa shape index (κ3) is 4.81. The topological polar surface area (TPSA) is 56.3 Å². The number of hydrogen-bond donors (Lipinski definition) is 0. The molecule has 1 aromatic heterocycles. The summed E-state index contributed by atoms with van der Waals surface area (Å²) in [4.78, 5) is 4.46. The second-order valence-corrected chi connectivity index (χ2v) is 8.90. The first-order chi connectivity index (χ1) is 11.9. The minimum Gasteiger partial charge on any atom is -0.497 e. The maximum absolute atomic E-state index is 12.4. The van der Waals surface area contributed by atoms with Gasteiger partial charge in [-0.3, -0.25) is 0 Å². The molecule has 0 spiro atoms. The van der Waals surface area contributed by atoms with Crippen molar-refractivity contribution in [3.63, 3.8) is 0 Å². The van der Waals surface area contributed by atoms with Crippen molar-refractivity contribution in [3.8, 4) is 16.3 Å². The van der Waals surface area contributed by atoms with Crippen LogP contribution in [0, 0.1) is 0 Å². The van der Waals surface area contributed by atoms with Crippen molar-refractivity contribution in [2.45, 2.75) is 11.5 Å². The summed E-state index contributed by atoms with van der Waals surface area (Å²) in [5.41, 5.74) is 2.13. The molecule has 3 rings (SSSR count). The molecule has 0 aliphatic carbocycles. The van der Waals surface area contributed by atoms with Crippen molar-refractivity contribution in [1.82, 2.24) is 4.98 Å². The lowest BCUT2D eigenvalue weighted by molar-refractivity contribution is 0.415. The van der Waals surface area contributed by atoms with Crippen LogP contribution in [-0.4, -0.2) is 20.5 Å². The molecule has 4 nitrogen and oxygen atoms in total. The summed E-state index contributed by atoms with van der Waals surface area (Å²) >= 11 is 7.33. The Morgan fingerprint density at radius 3 is 2.68 bits per heavy atom. The Kier molecular flexibility index (Phi) is 5.42. The van der Waals surface area contributed by atoms with E-state index in [2.05, 4.69) is 4.98 Å². The lowest BCUT2D eigenvalue weighted by Crippen LogP contribution is -2.08. The summed E-state index contributed by atoms with van der Waals surface area (Å²) in [6, 6.07) is 14.4. The third-order valence-electron chi connectivity index (χ3n) is 3.51. The Hall–Kier alpha value is -1.89.